The van der Waals surface area contributed by atoms with Gasteiger partial charge in [-0.3, -0.25) is 4.79 Å². The van der Waals surface area contributed by atoms with Crippen molar-refractivity contribution in [3.05, 3.63) is 56.4 Å². The van der Waals surface area contributed by atoms with E-state index < -0.39 is 0 Å². The van der Waals surface area contributed by atoms with Gasteiger partial charge >= 0.3 is 0 Å². The summed E-state index contributed by atoms with van der Waals surface area (Å²) in [6.45, 7) is 0. The summed E-state index contributed by atoms with van der Waals surface area (Å²) in [5.41, 5.74) is 1.57. The van der Waals surface area contributed by atoms with Crippen LogP contribution in [0.4, 0.5) is 0 Å². The highest BCUT2D eigenvalue weighted by molar-refractivity contribution is 9.10. The molecule has 2 rings (SSSR count). The summed E-state index contributed by atoms with van der Waals surface area (Å²) in [7, 11) is 0. The fourth-order valence-corrected chi connectivity index (χ4v) is 1.95. The Hall–Kier alpha value is -1.06. The molecule has 4 heteroatoms. The van der Waals surface area contributed by atoms with Crippen LogP contribution in [0.5, 0.6) is 0 Å². The van der Waals surface area contributed by atoms with E-state index in [4.69, 9.17) is 11.6 Å². The molecule has 15 heavy (non-hydrogen) atoms. The molecule has 0 spiro atoms. The zero-order valence-corrected chi connectivity index (χ0v) is 9.97. The molecule has 2 aromatic rings. The van der Waals surface area contributed by atoms with Gasteiger partial charge in [0, 0.05) is 10.5 Å². The molecule has 0 aliphatic rings. The van der Waals surface area contributed by atoms with Crippen LogP contribution in [0.1, 0.15) is 0 Å². The van der Waals surface area contributed by atoms with Crippen LogP contribution in [0.15, 0.2) is 45.7 Å². The van der Waals surface area contributed by atoms with Crippen molar-refractivity contribution < 1.29 is 0 Å². The first-order chi connectivity index (χ1) is 7.15. The normalized spacial score (nSPS) is 10.3. The minimum absolute atomic E-state index is 0.197. The minimum Gasteiger partial charge on any atom is -0.313 e. The van der Waals surface area contributed by atoms with E-state index in [0.29, 0.717) is 5.15 Å². The van der Waals surface area contributed by atoms with Gasteiger partial charge in [-0.15, -0.1) is 0 Å². The van der Waals surface area contributed by atoms with E-state index in [1.165, 1.54) is 6.07 Å². The van der Waals surface area contributed by atoms with Crippen LogP contribution >= 0.6 is 27.5 Å². The average Bonchev–Trinajstić information content (AvgIpc) is 2.16. The van der Waals surface area contributed by atoms with Gasteiger partial charge < -0.3 is 4.98 Å². The predicted octanol–water partition coefficient (Wildman–Crippen LogP) is 3.46. The maximum atomic E-state index is 11.2. The Kier molecular flexibility index (Phi) is 2.93. The lowest BCUT2D eigenvalue weighted by atomic mass is 10.1. The van der Waals surface area contributed by atoms with Crippen molar-refractivity contribution in [3.8, 4) is 11.1 Å². The van der Waals surface area contributed by atoms with E-state index in [-0.39, 0.29) is 5.56 Å². The monoisotopic (exact) mass is 283 g/mol. The van der Waals surface area contributed by atoms with E-state index >= 15 is 0 Å². The number of aromatic nitrogens is 1. The van der Waals surface area contributed by atoms with Crippen LogP contribution in [0.25, 0.3) is 11.1 Å². The molecule has 1 aromatic carbocycles. The third-order valence-electron chi connectivity index (χ3n) is 1.97. The highest BCUT2D eigenvalue weighted by Crippen LogP contribution is 2.22. The molecule has 0 aliphatic heterocycles. The smallest absolute Gasteiger partial charge is 0.249 e. The second-order valence-corrected chi connectivity index (χ2v) is 4.41. The molecule has 0 aliphatic carbocycles. The van der Waals surface area contributed by atoms with Gasteiger partial charge in [0.2, 0.25) is 5.56 Å². The molecule has 1 N–H and O–H groups in total. The summed E-state index contributed by atoms with van der Waals surface area (Å²) < 4.78 is 0.969. The van der Waals surface area contributed by atoms with Crippen molar-refractivity contribution >= 4 is 27.5 Å². The number of benzene rings is 1. The first kappa shape index (κ1) is 10.5. The summed E-state index contributed by atoms with van der Waals surface area (Å²) >= 11 is 9.15. The number of rotatable bonds is 1. The van der Waals surface area contributed by atoms with Crippen molar-refractivity contribution in [2.24, 2.45) is 0 Å². The molecule has 0 unspecified atom stereocenters. The van der Waals surface area contributed by atoms with Crippen LogP contribution in [0, 0.1) is 0 Å². The topological polar surface area (TPSA) is 32.9 Å². The number of hydrogen-bond acceptors (Lipinski definition) is 1. The first-order valence-corrected chi connectivity index (χ1v) is 5.48. The summed E-state index contributed by atoms with van der Waals surface area (Å²) in [4.78, 5) is 13.7. The molecular weight excluding hydrogens is 277 g/mol. The fourth-order valence-electron chi connectivity index (χ4n) is 1.34. The van der Waals surface area contributed by atoms with Crippen LogP contribution in [-0.4, -0.2) is 4.98 Å². The third-order valence-corrected chi connectivity index (χ3v) is 2.67. The number of aromatic amines is 1. The van der Waals surface area contributed by atoms with Crippen LogP contribution in [0.2, 0.25) is 5.15 Å². The molecule has 1 aromatic heterocycles. The van der Waals surface area contributed by atoms with Gasteiger partial charge in [-0.05, 0) is 29.3 Å². The zero-order chi connectivity index (χ0) is 10.8. The first-order valence-electron chi connectivity index (χ1n) is 4.31. The average molecular weight is 285 g/mol. The zero-order valence-electron chi connectivity index (χ0n) is 7.63. The third kappa shape index (κ3) is 2.49. The molecule has 0 bridgehead atoms. The Morgan fingerprint density at radius 1 is 1.13 bits per heavy atom. The second kappa shape index (κ2) is 4.21. The van der Waals surface area contributed by atoms with Gasteiger partial charge in [0.05, 0.1) is 0 Å². The van der Waals surface area contributed by atoms with E-state index in [1.807, 2.05) is 24.3 Å². The molecule has 76 valence electrons. The van der Waals surface area contributed by atoms with Crippen LogP contribution in [-0.2, 0) is 0 Å². The lowest BCUT2D eigenvalue weighted by Crippen LogP contribution is -2.03. The van der Waals surface area contributed by atoms with E-state index in [9.17, 15) is 4.79 Å². The van der Waals surface area contributed by atoms with Gasteiger partial charge in [-0.1, -0.05) is 39.7 Å². The summed E-state index contributed by atoms with van der Waals surface area (Å²) in [5, 5.41) is 0.345. The maximum absolute atomic E-state index is 11.2. The SMILES string of the molecule is O=c1cc(-c2cccc(Br)c2)cc(Cl)[nH]1. The minimum atomic E-state index is -0.197. The number of pyridine rings is 1. The van der Waals surface area contributed by atoms with Crippen molar-refractivity contribution in [3.63, 3.8) is 0 Å². The van der Waals surface area contributed by atoms with Gasteiger partial charge in [0.15, 0.2) is 0 Å². The van der Waals surface area contributed by atoms with Crippen molar-refractivity contribution in [2.75, 3.05) is 0 Å². The Balaban J connectivity index is 2.59. The number of nitrogens with one attached hydrogen (secondary N) is 1. The van der Waals surface area contributed by atoms with E-state index in [1.54, 1.807) is 6.07 Å². The van der Waals surface area contributed by atoms with E-state index in [2.05, 4.69) is 20.9 Å². The molecule has 0 atom stereocenters. The van der Waals surface area contributed by atoms with Gasteiger partial charge in [-0.2, -0.15) is 0 Å². The molecule has 0 saturated carbocycles. The summed E-state index contributed by atoms with van der Waals surface area (Å²) in [6, 6.07) is 11.0. The summed E-state index contributed by atoms with van der Waals surface area (Å²) in [6.07, 6.45) is 0. The van der Waals surface area contributed by atoms with Crippen LogP contribution < -0.4 is 5.56 Å². The molecule has 0 fully saturated rings. The molecule has 2 nitrogen and oxygen atoms in total. The number of hydrogen-bond donors (Lipinski definition) is 1. The standard InChI is InChI=1S/C11H7BrClNO/c12-9-3-1-2-7(4-9)8-5-10(13)14-11(15)6-8/h1-6H,(H,14,15). The Morgan fingerprint density at radius 3 is 2.60 bits per heavy atom. The Labute approximate surface area is 100 Å². The van der Waals surface area contributed by atoms with Crippen LogP contribution in [0.3, 0.4) is 0 Å². The number of halogens is 2. The van der Waals surface area contributed by atoms with Gasteiger partial charge in [0.1, 0.15) is 5.15 Å². The van der Waals surface area contributed by atoms with Crippen molar-refractivity contribution in [2.45, 2.75) is 0 Å². The second-order valence-electron chi connectivity index (χ2n) is 3.09. The highest BCUT2D eigenvalue weighted by atomic mass is 79.9. The molecular formula is C11H7BrClNO. The van der Waals surface area contributed by atoms with E-state index in [0.717, 1.165) is 15.6 Å². The quantitative estimate of drug-likeness (QED) is 0.799. The lowest BCUT2D eigenvalue weighted by molar-refractivity contribution is 1.24. The summed E-state index contributed by atoms with van der Waals surface area (Å²) in [5.74, 6) is 0. The Bertz CT molecular complexity index is 550. The highest BCUT2D eigenvalue weighted by Gasteiger charge is 2.00. The predicted molar refractivity (Wildman–Crippen MR) is 65.2 cm³/mol. The molecule has 0 amide bonds. The largest absolute Gasteiger partial charge is 0.313 e. The fraction of sp³-hybridized carbons (Fsp3) is 0. The van der Waals surface area contributed by atoms with Gasteiger partial charge in [-0.25, -0.2) is 0 Å². The Morgan fingerprint density at radius 2 is 1.93 bits per heavy atom. The molecule has 0 saturated heterocycles. The van der Waals surface area contributed by atoms with Crippen molar-refractivity contribution in [1.29, 1.82) is 0 Å². The maximum Gasteiger partial charge on any atom is 0.249 e. The number of H-pyrrole nitrogens is 1. The molecule has 0 radical (unpaired) electrons. The van der Waals surface area contributed by atoms with Crippen molar-refractivity contribution in [1.82, 2.24) is 4.98 Å². The molecule has 1 heterocycles. The lowest BCUT2D eigenvalue weighted by Gasteiger charge is -2.01. The van der Waals surface area contributed by atoms with Gasteiger partial charge in [0.25, 0.3) is 0 Å².